The maximum Gasteiger partial charge on any atom is 0.316 e. The number of benzene rings is 1. The fourth-order valence-electron chi connectivity index (χ4n) is 2.15. The van der Waals surface area contributed by atoms with Gasteiger partial charge in [-0.3, -0.25) is 9.59 Å². The molecule has 1 aromatic rings. The van der Waals surface area contributed by atoms with Crippen LogP contribution in [0, 0.1) is 11.8 Å². The lowest BCUT2D eigenvalue weighted by Crippen LogP contribution is -2.31. The summed E-state index contributed by atoms with van der Waals surface area (Å²) in [5, 5.41) is 0. The number of hydrogen-bond acceptors (Lipinski definition) is 4. The van der Waals surface area contributed by atoms with Gasteiger partial charge in [-0.15, -0.1) is 0 Å². The fraction of sp³-hybridized carbons (Fsp3) is 0.500. The zero-order valence-electron chi connectivity index (χ0n) is 12.5. The van der Waals surface area contributed by atoms with Crippen molar-refractivity contribution in [3.8, 4) is 5.75 Å². The van der Waals surface area contributed by atoms with Gasteiger partial charge in [-0.1, -0.05) is 32.0 Å². The first kappa shape index (κ1) is 16.2. The predicted molar refractivity (Wildman–Crippen MR) is 76.7 cm³/mol. The van der Waals surface area contributed by atoms with Gasteiger partial charge in [-0.25, -0.2) is 0 Å². The van der Waals surface area contributed by atoms with Crippen molar-refractivity contribution in [3.63, 3.8) is 0 Å². The molecule has 1 atom stereocenters. The topological polar surface area (TPSA) is 52.6 Å². The van der Waals surface area contributed by atoms with Crippen molar-refractivity contribution >= 4 is 11.8 Å². The Morgan fingerprint density at radius 2 is 1.85 bits per heavy atom. The smallest absolute Gasteiger partial charge is 0.316 e. The monoisotopic (exact) mass is 278 g/mol. The summed E-state index contributed by atoms with van der Waals surface area (Å²) in [6, 6.07) is 7.33. The molecule has 1 unspecified atom stereocenters. The Morgan fingerprint density at radius 3 is 2.40 bits per heavy atom. The Kier molecular flexibility index (Phi) is 6.22. The molecule has 0 fully saturated rings. The molecule has 0 N–H and O–H groups in total. The van der Waals surface area contributed by atoms with E-state index in [9.17, 15) is 9.59 Å². The summed E-state index contributed by atoms with van der Waals surface area (Å²) in [5.74, 6) is -0.728. The summed E-state index contributed by atoms with van der Waals surface area (Å²) in [7, 11) is 1.56. The largest absolute Gasteiger partial charge is 0.496 e. The molecule has 1 rings (SSSR count). The summed E-state index contributed by atoms with van der Waals surface area (Å²) >= 11 is 0. The average Bonchev–Trinajstić information content (AvgIpc) is 2.39. The van der Waals surface area contributed by atoms with Crippen molar-refractivity contribution in [1.82, 2.24) is 0 Å². The second-order valence-corrected chi connectivity index (χ2v) is 4.93. The van der Waals surface area contributed by atoms with Crippen LogP contribution in [0.4, 0.5) is 0 Å². The minimum Gasteiger partial charge on any atom is -0.496 e. The van der Waals surface area contributed by atoms with Crippen LogP contribution < -0.4 is 4.74 Å². The van der Waals surface area contributed by atoms with E-state index in [0.717, 1.165) is 5.56 Å². The van der Waals surface area contributed by atoms with Crippen molar-refractivity contribution in [3.05, 3.63) is 29.8 Å². The number of ketones is 1. The van der Waals surface area contributed by atoms with Gasteiger partial charge >= 0.3 is 5.97 Å². The number of carbonyl (C=O) groups is 2. The first-order chi connectivity index (χ1) is 9.51. The van der Waals surface area contributed by atoms with Gasteiger partial charge < -0.3 is 9.47 Å². The molecule has 0 amide bonds. The minimum absolute atomic E-state index is 0.0868. The first-order valence-electron chi connectivity index (χ1n) is 6.82. The molecular formula is C16H22O4. The highest BCUT2D eigenvalue weighted by Crippen LogP contribution is 2.22. The number of para-hydroxylation sites is 1. The van der Waals surface area contributed by atoms with E-state index in [1.54, 1.807) is 20.1 Å². The Labute approximate surface area is 120 Å². The maximum absolute atomic E-state index is 12.4. The standard InChI is InChI=1S/C16H22O4/c1-5-20-16(18)15(11(2)3)13(17)10-12-8-6-7-9-14(12)19-4/h6-9,11,15H,5,10H2,1-4H3. The van der Waals surface area contributed by atoms with Crippen LogP contribution in [-0.4, -0.2) is 25.5 Å². The van der Waals surface area contributed by atoms with Gasteiger partial charge in [-0.2, -0.15) is 0 Å². The van der Waals surface area contributed by atoms with Crippen molar-refractivity contribution in [2.24, 2.45) is 11.8 Å². The lowest BCUT2D eigenvalue weighted by molar-refractivity contribution is -0.153. The summed E-state index contributed by atoms with van der Waals surface area (Å²) in [6.45, 7) is 5.72. The van der Waals surface area contributed by atoms with Crippen LogP contribution in [-0.2, 0) is 20.7 Å². The molecule has 4 heteroatoms. The molecule has 110 valence electrons. The highest BCUT2D eigenvalue weighted by Gasteiger charge is 2.31. The van der Waals surface area contributed by atoms with E-state index < -0.39 is 11.9 Å². The molecular weight excluding hydrogens is 256 g/mol. The average molecular weight is 278 g/mol. The summed E-state index contributed by atoms with van der Waals surface area (Å²) in [5.41, 5.74) is 0.787. The number of rotatable bonds is 7. The number of ether oxygens (including phenoxy) is 2. The Balaban J connectivity index is 2.88. The molecule has 0 heterocycles. The summed E-state index contributed by atoms with van der Waals surface area (Å²) in [6.07, 6.45) is 0.172. The Hall–Kier alpha value is -1.84. The minimum atomic E-state index is -0.722. The number of Topliss-reactive ketones (excluding diaryl/α,β-unsaturated/α-hetero) is 1. The van der Waals surface area contributed by atoms with Crippen LogP contribution in [0.25, 0.3) is 0 Å². The van der Waals surface area contributed by atoms with Crippen LogP contribution in [0.1, 0.15) is 26.3 Å². The molecule has 0 aliphatic rings. The lowest BCUT2D eigenvalue weighted by Gasteiger charge is -2.18. The van der Waals surface area contributed by atoms with E-state index in [-0.39, 0.29) is 24.7 Å². The van der Waals surface area contributed by atoms with E-state index in [2.05, 4.69) is 0 Å². The van der Waals surface area contributed by atoms with Gasteiger partial charge in [0.1, 0.15) is 11.7 Å². The molecule has 0 saturated heterocycles. The number of carbonyl (C=O) groups excluding carboxylic acids is 2. The van der Waals surface area contributed by atoms with Gasteiger partial charge in [-0.05, 0) is 18.9 Å². The van der Waals surface area contributed by atoms with Gasteiger partial charge in [0.25, 0.3) is 0 Å². The predicted octanol–water partition coefficient (Wildman–Crippen LogP) is 2.64. The van der Waals surface area contributed by atoms with Crippen molar-refractivity contribution in [2.75, 3.05) is 13.7 Å². The molecule has 4 nitrogen and oxygen atoms in total. The van der Waals surface area contributed by atoms with Crippen molar-refractivity contribution in [2.45, 2.75) is 27.2 Å². The van der Waals surface area contributed by atoms with Crippen LogP contribution in [0.2, 0.25) is 0 Å². The van der Waals surface area contributed by atoms with E-state index in [4.69, 9.17) is 9.47 Å². The highest BCUT2D eigenvalue weighted by molar-refractivity contribution is 6.00. The van der Waals surface area contributed by atoms with E-state index >= 15 is 0 Å². The second kappa shape index (κ2) is 7.68. The normalized spacial score (nSPS) is 12.1. The fourth-order valence-corrected chi connectivity index (χ4v) is 2.15. The van der Waals surface area contributed by atoms with Crippen LogP contribution in [0.3, 0.4) is 0 Å². The van der Waals surface area contributed by atoms with Crippen LogP contribution >= 0.6 is 0 Å². The summed E-state index contributed by atoms with van der Waals surface area (Å²) < 4.78 is 10.2. The Bertz CT molecular complexity index is 465. The van der Waals surface area contributed by atoms with Crippen molar-refractivity contribution in [1.29, 1.82) is 0 Å². The lowest BCUT2D eigenvalue weighted by atomic mass is 9.88. The Morgan fingerprint density at radius 1 is 1.20 bits per heavy atom. The first-order valence-corrected chi connectivity index (χ1v) is 6.82. The molecule has 0 radical (unpaired) electrons. The van der Waals surface area contributed by atoms with E-state index in [1.165, 1.54) is 0 Å². The third-order valence-electron chi connectivity index (χ3n) is 3.11. The third-order valence-corrected chi connectivity index (χ3v) is 3.11. The van der Waals surface area contributed by atoms with Gasteiger partial charge in [0.05, 0.1) is 13.7 Å². The van der Waals surface area contributed by atoms with E-state index in [1.807, 2.05) is 32.0 Å². The van der Waals surface area contributed by atoms with E-state index in [0.29, 0.717) is 5.75 Å². The van der Waals surface area contributed by atoms with Gasteiger partial charge in [0.2, 0.25) is 0 Å². The zero-order chi connectivity index (χ0) is 15.1. The van der Waals surface area contributed by atoms with Gasteiger partial charge in [0.15, 0.2) is 5.78 Å². The molecule has 0 bridgehead atoms. The molecule has 1 aromatic carbocycles. The van der Waals surface area contributed by atoms with Crippen LogP contribution in [0.5, 0.6) is 5.75 Å². The molecule has 0 aliphatic carbocycles. The SMILES string of the molecule is CCOC(=O)C(C(=O)Cc1ccccc1OC)C(C)C. The molecule has 0 spiro atoms. The highest BCUT2D eigenvalue weighted by atomic mass is 16.5. The number of hydrogen-bond donors (Lipinski definition) is 0. The molecule has 0 aliphatic heterocycles. The van der Waals surface area contributed by atoms with Crippen molar-refractivity contribution < 1.29 is 19.1 Å². The number of esters is 1. The van der Waals surface area contributed by atoms with Crippen LogP contribution in [0.15, 0.2) is 24.3 Å². The molecule has 0 aromatic heterocycles. The summed E-state index contributed by atoms with van der Waals surface area (Å²) in [4.78, 5) is 24.3. The number of methoxy groups -OCH3 is 1. The molecule has 0 saturated carbocycles. The maximum atomic E-state index is 12.4. The second-order valence-electron chi connectivity index (χ2n) is 4.93. The molecule has 20 heavy (non-hydrogen) atoms. The third kappa shape index (κ3) is 4.08. The quantitative estimate of drug-likeness (QED) is 0.568. The van der Waals surface area contributed by atoms with Gasteiger partial charge in [0, 0.05) is 12.0 Å². The zero-order valence-corrected chi connectivity index (χ0v) is 12.5.